The van der Waals surface area contributed by atoms with Gasteiger partial charge in [-0.25, -0.2) is 4.98 Å². The lowest BCUT2D eigenvalue weighted by molar-refractivity contribution is 0.0937. The Hall–Kier alpha value is -1.79. The summed E-state index contributed by atoms with van der Waals surface area (Å²) in [4.78, 5) is 21.1. The molecule has 2 heterocycles. The lowest BCUT2D eigenvalue weighted by atomic mass is 10.0. The zero-order valence-corrected chi connectivity index (χ0v) is 13.1. The molecule has 1 unspecified atom stereocenters. The minimum absolute atomic E-state index is 0.00368. The molecule has 0 fully saturated rings. The monoisotopic (exact) mass is 304 g/mol. The topological polar surface area (TPSA) is 80.9 Å². The quantitative estimate of drug-likeness (QED) is 0.858. The van der Waals surface area contributed by atoms with Gasteiger partial charge in [0.2, 0.25) is 0 Å². The van der Waals surface area contributed by atoms with Crippen molar-refractivity contribution < 1.29 is 4.79 Å². The number of nitrogens with one attached hydrogen (secondary N) is 1. The number of pyridine rings is 1. The molecule has 3 N–H and O–H groups in total. The lowest BCUT2D eigenvalue weighted by Crippen LogP contribution is -2.40. The van der Waals surface area contributed by atoms with Crippen molar-refractivity contribution in [3.05, 3.63) is 35.6 Å². The van der Waals surface area contributed by atoms with Crippen LogP contribution in [0, 0.1) is 5.92 Å². The molecule has 0 aromatic carbocycles. The SMILES string of the molecule is CC(C)CC(CN)NC(=O)c1cnc(-c2ccncc2)s1. The summed E-state index contributed by atoms with van der Waals surface area (Å²) in [6.07, 6.45) is 5.91. The molecule has 0 aliphatic heterocycles. The Balaban J connectivity index is 2.05. The van der Waals surface area contributed by atoms with Gasteiger partial charge in [0, 0.05) is 30.5 Å². The standard InChI is InChI=1S/C15H20N4OS/c1-10(2)7-12(8-16)19-14(20)13-9-18-15(21-13)11-3-5-17-6-4-11/h3-6,9-10,12H,7-8,16H2,1-2H3,(H,19,20). The number of hydrogen-bond acceptors (Lipinski definition) is 5. The van der Waals surface area contributed by atoms with Crippen molar-refractivity contribution in [3.8, 4) is 10.6 Å². The molecule has 112 valence electrons. The molecule has 6 heteroatoms. The van der Waals surface area contributed by atoms with Crippen LogP contribution in [0.5, 0.6) is 0 Å². The molecule has 5 nitrogen and oxygen atoms in total. The fourth-order valence-electron chi connectivity index (χ4n) is 2.05. The molecule has 0 saturated heterocycles. The highest BCUT2D eigenvalue weighted by Gasteiger charge is 2.16. The van der Waals surface area contributed by atoms with Gasteiger partial charge >= 0.3 is 0 Å². The van der Waals surface area contributed by atoms with E-state index in [-0.39, 0.29) is 11.9 Å². The van der Waals surface area contributed by atoms with Crippen LogP contribution in [0.2, 0.25) is 0 Å². The van der Waals surface area contributed by atoms with Gasteiger partial charge in [0.15, 0.2) is 0 Å². The van der Waals surface area contributed by atoms with Crippen LogP contribution in [0.3, 0.4) is 0 Å². The van der Waals surface area contributed by atoms with Crippen molar-refractivity contribution in [1.82, 2.24) is 15.3 Å². The van der Waals surface area contributed by atoms with E-state index in [4.69, 9.17) is 5.73 Å². The molecule has 0 aliphatic carbocycles. The summed E-state index contributed by atoms with van der Waals surface area (Å²) in [5.41, 5.74) is 6.67. The number of rotatable bonds is 6. The first kappa shape index (κ1) is 15.6. The van der Waals surface area contributed by atoms with Gasteiger partial charge in [-0.15, -0.1) is 11.3 Å². The molecule has 21 heavy (non-hydrogen) atoms. The number of thiazole rings is 1. The van der Waals surface area contributed by atoms with E-state index in [0.29, 0.717) is 17.3 Å². The van der Waals surface area contributed by atoms with Gasteiger partial charge in [0.1, 0.15) is 9.88 Å². The van der Waals surface area contributed by atoms with Crippen LogP contribution in [-0.2, 0) is 0 Å². The normalized spacial score (nSPS) is 12.4. The fraction of sp³-hybridized carbons (Fsp3) is 0.400. The molecule has 0 aliphatic rings. The van der Waals surface area contributed by atoms with Crippen molar-refractivity contribution in [3.63, 3.8) is 0 Å². The first-order chi connectivity index (χ1) is 10.1. The van der Waals surface area contributed by atoms with Crippen LogP contribution in [0.1, 0.15) is 29.9 Å². The van der Waals surface area contributed by atoms with Gasteiger partial charge in [0.25, 0.3) is 5.91 Å². The van der Waals surface area contributed by atoms with Crippen molar-refractivity contribution in [2.75, 3.05) is 6.54 Å². The van der Waals surface area contributed by atoms with E-state index in [1.165, 1.54) is 11.3 Å². The minimum Gasteiger partial charge on any atom is -0.347 e. The average Bonchev–Trinajstić information content (AvgIpc) is 2.97. The molecule has 0 saturated carbocycles. The van der Waals surface area contributed by atoms with Gasteiger partial charge in [-0.2, -0.15) is 0 Å². The lowest BCUT2D eigenvalue weighted by Gasteiger charge is -2.18. The minimum atomic E-state index is -0.107. The van der Waals surface area contributed by atoms with E-state index in [1.807, 2.05) is 12.1 Å². The Labute approximate surface area is 128 Å². The number of carbonyl (C=O) groups excluding carboxylic acids is 1. The second kappa shape index (κ2) is 7.28. The summed E-state index contributed by atoms with van der Waals surface area (Å²) in [6.45, 7) is 4.67. The Bertz CT molecular complexity index is 582. The Morgan fingerprint density at radius 2 is 2.10 bits per heavy atom. The van der Waals surface area contributed by atoms with E-state index < -0.39 is 0 Å². The summed E-state index contributed by atoms with van der Waals surface area (Å²) in [5.74, 6) is 0.386. The maximum absolute atomic E-state index is 12.2. The number of hydrogen-bond donors (Lipinski definition) is 2. The largest absolute Gasteiger partial charge is 0.347 e. The third kappa shape index (κ3) is 4.34. The molecular weight excluding hydrogens is 284 g/mol. The summed E-state index contributed by atoms with van der Waals surface area (Å²) >= 11 is 1.37. The molecule has 2 aromatic rings. The van der Waals surface area contributed by atoms with Crippen LogP contribution in [0.25, 0.3) is 10.6 Å². The molecule has 2 rings (SSSR count). The molecule has 2 aromatic heterocycles. The van der Waals surface area contributed by atoms with Gasteiger partial charge in [-0.05, 0) is 24.5 Å². The third-order valence-corrected chi connectivity index (χ3v) is 4.08. The van der Waals surface area contributed by atoms with Crippen molar-refractivity contribution in [2.24, 2.45) is 11.7 Å². The number of carbonyl (C=O) groups is 1. The number of aromatic nitrogens is 2. The summed E-state index contributed by atoms with van der Waals surface area (Å²) in [6, 6.07) is 3.76. The van der Waals surface area contributed by atoms with E-state index in [1.54, 1.807) is 18.6 Å². The van der Waals surface area contributed by atoms with E-state index >= 15 is 0 Å². The van der Waals surface area contributed by atoms with Gasteiger partial charge < -0.3 is 11.1 Å². The Kier molecular flexibility index (Phi) is 5.41. The third-order valence-electron chi connectivity index (χ3n) is 3.03. The van der Waals surface area contributed by atoms with Crippen LogP contribution in [-0.4, -0.2) is 28.5 Å². The first-order valence-electron chi connectivity index (χ1n) is 6.97. The highest BCUT2D eigenvalue weighted by Crippen LogP contribution is 2.24. The van der Waals surface area contributed by atoms with Crippen LogP contribution in [0.15, 0.2) is 30.7 Å². The van der Waals surface area contributed by atoms with E-state index in [2.05, 4.69) is 29.1 Å². The number of amides is 1. The molecule has 0 bridgehead atoms. The Morgan fingerprint density at radius 3 is 2.71 bits per heavy atom. The predicted octanol–water partition coefficient (Wildman–Crippen LogP) is 2.31. The second-order valence-corrected chi connectivity index (χ2v) is 6.33. The average molecular weight is 304 g/mol. The van der Waals surface area contributed by atoms with Crippen LogP contribution >= 0.6 is 11.3 Å². The smallest absolute Gasteiger partial charge is 0.263 e. The highest BCUT2D eigenvalue weighted by molar-refractivity contribution is 7.16. The molecule has 1 amide bonds. The van der Waals surface area contributed by atoms with Crippen molar-refractivity contribution in [2.45, 2.75) is 26.3 Å². The number of nitrogens with zero attached hydrogens (tertiary/aromatic N) is 2. The highest BCUT2D eigenvalue weighted by atomic mass is 32.1. The summed E-state index contributed by atoms with van der Waals surface area (Å²) < 4.78 is 0. The summed E-state index contributed by atoms with van der Waals surface area (Å²) in [5, 5.41) is 3.79. The summed E-state index contributed by atoms with van der Waals surface area (Å²) in [7, 11) is 0. The van der Waals surface area contributed by atoms with Crippen molar-refractivity contribution >= 4 is 17.2 Å². The Morgan fingerprint density at radius 1 is 1.38 bits per heavy atom. The molecule has 0 radical (unpaired) electrons. The fourth-order valence-corrected chi connectivity index (χ4v) is 2.87. The zero-order chi connectivity index (χ0) is 15.2. The number of nitrogens with two attached hydrogens (primary N) is 1. The van der Waals surface area contributed by atoms with Crippen molar-refractivity contribution in [1.29, 1.82) is 0 Å². The molecule has 0 spiro atoms. The maximum Gasteiger partial charge on any atom is 0.263 e. The van der Waals surface area contributed by atoms with Gasteiger partial charge in [-0.1, -0.05) is 13.8 Å². The zero-order valence-electron chi connectivity index (χ0n) is 12.2. The molecule has 1 atom stereocenters. The van der Waals surface area contributed by atoms with Gasteiger partial charge in [0.05, 0.1) is 6.20 Å². The van der Waals surface area contributed by atoms with Crippen LogP contribution in [0.4, 0.5) is 0 Å². The van der Waals surface area contributed by atoms with E-state index in [0.717, 1.165) is 17.0 Å². The molecular formula is C15H20N4OS. The first-order valence-corrected chi connectivity index (χ1v) is 7.79. The predicted molar refractivity (Wildman–Crippen MR) is 85.1 cm³/mol. The van der Waals surface area contributed by atoms with E-state index in [9.17, 15) is 4.79 Å². The second-order valence-electron chi connectivity index (χ2n) is 5.30. The maximum atomic E-state index is 12.2. The van der Waals surface area contributed by atoms with Gasteiger partial charge in [-0.3, -0.25) is 9.78 Å². The van der Waals surface area contributed by atoms with Crippen LogP contribution < -0.4 is 11.1 Å².